The number of rotatable bonds is 4. The highest BCUT2D eigenvalue weighted by atomic mass is 16.5. The largest absolute Gasteiger partial charge is 0.497 e. The molecule has 0 bridgehead atoms. The number of methoxy groups -OCH3 is 2. The van der Waals surface area contributed by atoms with Gasteiger partial charge >= 0.3 is 11.2 Å². The van der Waals surface area contributed by atoms with Crippen LogP contribution >= 0.6 is 0 Å². The zero-order valence-corrected chi connectivity index (χ0v) is 14.6. The molecule has 4 aromatic rings. The van der Waals surface area contributed by atoms with Gasteiger partial charge in [-0.25, -0.2) is 4.79 Å². The minimum absolute atomic E-state index is 0.268. The SMILES string of the molecule is COc1ccc(/C=N\n2c(=O)[nH]c3c([nH]c4cc(OC)ccc43)c2=O)cc1. The average Bonchev–Trinajstić information content (AvgIpc) is 3.06. The molecular weight excluding hydrogens is 348 g/mol. The number of H-pyrrole nitrogens is 2. The molecule has 0 spiro atoms. The highest BCUT2D eigenvalue weighted by molar-refractivity contribution is 6.04. The van der Waals surface area contributed by atoms with E-state index in [0.717, 1.165) is 15.6 Å². The van der Waals surface area contributed by atoms with Crippen molar-refractivity contribution in [3.8, 4) is 11.5 Å². The number of benzene rings is 2. The number of hydrogen-bond acceptors (Lipinski definition) is 5. The molecule has 27 heavy (non-hydrogen) atoms. The van der Waals surface area contributed by atoms with E-state index in [-0.39, 0.29) is 5.52 Å². The maximum atomic E-state index is 12.7. The quantitative estimate of drug-likeness (QED) is 0.541. The molecule has 0 saturated heterocycles. The Hall–Kier alpha value is -3.81. The van der Waals surface area contributed by atoms with E-state index in [2.05, 4.69) is 15.1 Å². The van der Waals surface area contributed by atoms with Gasteiger partial charge in [-0.15, -0.1) is 4.68 Å². The van der Waals surface area contributed by atoms with Crippen molar-refractivity contribution >= 4 is 28.2 Å². The standard InChI is InChI=1S/C19H16N4O4/c1-26-12-5-3-11(4-6-12)10-20-23-18(24)17-16(22-19(23)25)14-8-7-13(27-2)9-15(14)21-17/h3-10,21H,1-2H3,(H,22,25)/b20-10-. The van der Waals surface area contributed by atoms with Crippen LogP contribution in [-0.4, -0.2) is 35.1 Å². The topological polar surface area (TPSA) is 101 Å². The molecule has 0 amide bonds. The molecule has 8 heteroatoms. The van der Waals surface area contributed by atoms with Gasteiger partial charge in [-0.1, -0.05) is 0 Å². The average molecular weight is 364 g/mol. The Kier molecular flexibility index (Phi) is 4.00. The van der Waals surface area contributed by atoms with Gasteiger partial charge in [0.15, 0.2) is 0 Å². The van der Waals surface area contributed by atoms with Gasteiger partial charge in [-0.2, -0.15) is 5.10 Å². The lowest BCUT2D eigenvalue weighted by Gasteiger charge is -2.00. The molecule has 0 radical (unpaired) electrons. The van der Waals surface area contributed by atoms with E-state index in [1.54, 1.807) is 56.7 Å². The summed E-state index contributed by atoms with van der Waals surface area (Å²) in [6, 6.07) is 12.4. The molecule has 0 saturated carbocycles. The number of nitrogens with one attached hydrogen (secondary N) is 2. The molecule has 2 aromatic heterocycles. The molecule has 2 N–H and O–H groups in total. The van der Waals surface area contributed by atoms with Crippen LogP contribution in [0.2, 0.25) is 0 Å². The summed E-state index contributed by atoms with van der Waals surface area (Å²) in [5.74, 6) is 1.35. The molecule has 0 fully saturated rings. The summed E-state index contributed by atoms with van der Waals surface area (Å²) in [7, 11) is 3.14. The molecule has 0 atom stereocenters. The lowest BCUT2D eigenvalue weighted by Crippen LogP contribution is -2.32. The van der Waals surface area contributed by atoms with Crippen molar-refractivity contribution in [2.45, 2.75) is 0 Å². The van der Waals surface area contributed by atoms with E-state index in [9.17, 15) is 9.59 Å². The summed E-state index contributed by atoms with van der Waals surface area (Å²) in [4.78, 5) is 30.9. The van der Waals surface area contributed by atoms with Crippen LogP contribution in [0.4, 0.5) is 0 Å². The summed E-state index contributed by atoms with van der Waals surface area (Å²) >= 11 is 0. The number of nitrogens with zero attached hydrogens (tertiary/aromatic N) is 2. The van der Waals surface area contributed by atoms with Gasteiger partial charge in [0.25, 0.3) is 0 Å². The lowest BCUT2D eigenvalue weighted by molar-refractivity contribution is 0.415. The van der Waals surface area contributed by atoms with Crippen LogP contribution < -0.4 is 20.7 Å². The predicted molar refractivity (Wildman–Crippen MR) is 103 cm³/mol. The fourth-order valence-corrected chi connectivity index (χ4v) is 2.87. The minimum atomic E-state index is -0.617. The number of ether oxygens (including phenoxy) is 2. The molecule has 4 rings (SSSR count). The Morgan fingerprint density at radius 3 is 2.33 bits per heavy atom. The predicted octanol–water partition coefficient (Wildman–Crippen LogP) is 2.07. The molecule has 0 unspecified atom stereocenters. The highest BCUT2D eigenvalue weighted by Gasteiger charge is 2.13. The van der Waals surface area contributed by atoms with Gasteiger partial charge in [-0.05, 0) is 42.0 Å². The number of hydrogen-bond donors (Lipinski definition) is 2. The highest BCUT2D eigenvalue weighted by Crippen LogP contribution is 2.24. The van der Waals surface area contributed by atoms with Gasteiger partial charge in [0.2, 0.25) is 0 Å². The summed E-state index contributed by atoms with van der Waals surface area (Å²) in [5.41, 5.74) is 0.975. The van der Waals surface area contributed by atoms with Crippen molar-refractivity contribution in [3.63, 3.8) is 0 Å². The third kappa shape index (κ3) is 2.86. The first-order valence-corrected chi connectivity index (χ1v) is 8.14. The maximum Gasteiger partial charge on any atom is 0.350 e. The number of aromatic amines is 2. The molecule has 2 heterocycles. The van der Waals surface area contributed by atoms with Gasteiger partial charge in [-0.3, -0.25) is 4.79 Å². The van der Waals surface area contributed by atoms with Gasteiger partial charge in [0.1, 0.15) is 17.0 Å². The minimum Gasteiger partial charge on any atom is -0.497 e. The zero-order chi connectivity index (χ0) is 19.0. The molecular formula is C19H16N4O4. The van der Waals surface area contributed by atoms with Crippen molar-refractivity contribution in [2.75, 3.05) is 14.2 Å². The van der Waals surface area contributed by atoms with Gasteiger partial charge in [0, 0.05) is 11.5 Å². The molecule has 136 valence electrons. The van der Waals surface area contributed by atoms with Gasteiger partial charge in [0.05, 0.1) is 31.5 Å². The van der Waals surface area contributed by atoms with Crippen LogP contribution in [0.3, 0.4) is 0 Å². The second kappa shape index (κ2) is 6.49. The van der Waals surface area contributed by atoms with Crippen LogP contribution in [0.15, 0.2) is 57.2 Å². The number of aromatic nitrogens is 3. The van der Waals surface area contributed by atoms with Crippen LogP contribution in [-0.2, 0) is 0 Å². The van der Waals surface area contributed by atoms with Crippen molar-refractivity contribution < 1.29 is 9.47 Å². The Labute approximate surface area is 152 Å². The third-order valence-electron chi connectivity index (χ3n) is 4.27. The van der Waals surface area contributed by atoms with Crippen LogP contribution in [0.5, 0.6) is 11.5 Å². The van der Waals surface area contributed by atoms with Crippen molar-refractivity contribution in [1.82, 2.24) is 14.6 Å². The van der Waals surface area contributed by atoms with Crippen LogP contribution in [0.1, 0.15) is 5.56 Å². The lowest BCUT2D eigenvalue weighted by atomic mass is 10.2. The Bertz CT molecular complexity index is 1280. The molecule has 8 nitrogen and oxygen atoms in total. The summed E-state index contributed by atoms with van der Waals surface area (Å²) in [6.07, 6.45) is 1.44. The Morgan fingerprint density at radius 2 is 1.63 bits per heavy atom. The van der Waals surface area contributed by atoms with Crippen LogP contribution in [0.25, 0.3) is 21.9 Å². The van der Waals surface area contributed by atoms with E-state index in [1.165, 1.54) is 6.21 Å². The summed E-state index contributed by atoms with van der Waals surface area (Å²) in [5, 5.41) is 4.76. The first-order chi connectivity index (χ1) is 13.1. The van der Waals surface area contributed by atoms with Gasteiger partial charge < -0.3 is 19.4 Å². The second-order valence-corrected chi connectivity index (χ2v) is 5.85. The first kappa shape index (κ1) is 16.6. The number of fused-ring (bicyclic) bond motifs is 3. The first-order valence-electron chi connectivity index (χ1n) is 8.14. The molecule has 2 aromatic carbocycles. The van der Waals surface area contributed by atoms with E-state index < -0.39 is 11.2 Å². The van der Waals surface area contributed by atoms with E-state index in [0.29, 0.717) is 22.5 Å². The van der Waals surface area contributed by atoms with Crippen LogP contribution in [0, 0.1) is 0 Å². The second-order valence-electron chi connectivity index (χ2n) is 5.85. The summed E-state index contributed by atoms with van der Waals surface area (Å²) in [6.45, 7) is 0. The molecule has 0 aliphatic rings. The smallest absolute Gasteiger partial charge is 0.350 e. The Morgan fingerprint density at radius 1 is 0.926 bits per heavy atom. The van der Waals surface area contributed by atoms with Crippen molar-refractivity contribution in [2.24, 2.45) is 5.10 Å². The normalized spacial score (nSPS) is 11.5. The van der Waals surface area contributed by atoms with Crippen molar-refractivity contribution in [1.29, 1.82) is 0 Å². The third-order valence-corrected chi connectivity index (χ3v) is 4.27. The maximum absolute atomic E-state index is 12.7. The molecule has 0 aliphatic heterocycles. The van der Waals surface area contributed by atoms with E-state index in [1.807, 2.05) is 0 Å². The monoisotopic (exact) mass is 364 g/mol. The summed E-state index contributed by atoms with van der Waals surface area (Å²) < 4.78 is 11.1. The fourth-order valence-electron chi connectivity index (χ4n) is 2.87. The van der Waals surface area contributed by atoms with E-state index >= 15 is 0 Å². The van der Waals surface area contributed by atoms with E-state index in [4.69, 9.17) is 9.47 Å². The zero-order valence-electron chi connectivity index (χ0n) is 14.6. The van der Waals surface area contributed by atoms with Crippen molar-refractivity contribution in [3.05, 3.63) is 68.9 Å². The fraction of sp³-hybridized carbons (Fsp3) is 0.105. The Balaban J connectivity index is 1.83. The molecule has 0 aliphatic carbocycles.